The number of anilines is 3. The van der Waals surface area contributed by atoms with Gasteiger partial charge in [-0.2, -0.15) is 0 Å². The molecule has 8 nitrogen and oxygen atoms in total. The third kappa shape index (κ3) is 6.50. The van der Waals surface area contributed by atoms with E-state index in [2.05, 4.69) is 32.9 Å². The zero-order valence-electron chi connectivity index (χ0n) is 30.4. The van der Waals surface area contributed by atoms with Crippen molar-refractivity contribution < 1.29 is 28.3 Å². The van der Waals surface area contributed by atoms with Crippen molar-refractivity contribution in [3.05, 3.63) is 76.9 Å². The van der Waals surface area contributed by atoms with Crippen molar-refractivity contribution in [2.24, 2.45) is 5.92 Å². The number of amides is 3. The zero-order chi connectivity index (χ0) is 36.0. The number of rotatable bonds is 10. The van der Waals surface area contributed by atoms with Crippen LogP contribution in [0.25, 0.3) is 0 Å². The standard InChI is InChI=1S/C40H52FN3O5Si/c1-26(2)11-9-12-27(3)20-22-43-34-18-17-30(44-33-15-8-7-13-29(33)16-19-36(44)46)23-32(34)40(39(43)48)28(4)38(50(5,6)41)35(49-40)24-37(47)42-21-10-14-31(42)25-45/h7-8,11,13,15,17-18,20,23,28,31,35,38,45H,9-10,12,14,16,19,21-22,24-25H2,1-6H3/b27-20+/t28-,31-,35+,38-,40+/m0/s1. The molecule has 2 fully saturated rings. The van der Waals surface area contributed by atoms with Crippen LogP contribution >= 0.6 is 0 Å². The lowest BCUT2D eigenvalue weighted by atomic mass is 9.82. The number of benzene rings is 2. The molecule has 0 aliphatic carbocycles. The number of nitrogens with zero attached hydrogens (tertiary/aromatic N) is 3. The Morgan fingerprint density at radius 3 is 2.56 bits per heavy atom. The van der Waals surface area contributed by atoms with Gasteiger partial charge in [0.2, 0.25) is 20.2 Å². The molecule has 2 aromatic carbocycles. The number of hydrogen-bond acceptors (Lipinski definition) is 5. The number of hydrogen-bond donors (Lipinski definition) is 1. The molecule has 5 atom stereocenters. The van der Waals surface area contributed by atoms with Crippen molar-refractivity contribution in [3.8, 4) is 0 Å². The Balaban J connectivity index is 1.43. The zero-order valence-corrected chi connectivity index (χ0v) is 31.4. The summed E-state index contributed by atoms with van der Waals surface area (Å²) in [6.07, 6.45) is 7.74. The van der Waals surface area contributed by atoms with Crippen molar-refractivity contribution in [2.45, 2.75) is 109 Å². The van der Waals surface area contributed by atoms with Gasteiger partial charge >= 0.3 is 0 Å². The van der Waals surface area contributed by atoms with Gasteiger partial charge in [0, 0.05) is 42.2 Å². The van der Waals surface area contributed by atoms with Gasteiger partial charge in [-0.25, -0.2) is 0 Å². The van der Waals surface area contributed by atoms with E-state index in [1.807, 2.05) is 49.4 Å². The highest BCUT2D eigenvalue weighted by Crippen LogP contribution is 2.61. The molecular weight excluding hydrogens is 650 g/mol. The van der Waals surface area contributed by atoms with Gasteiger partial charge < -0.3 is 23.8 Å². The third-order valence-corrected chi connectivity index (χ3v) is 13.7. The number of fused-ring (bicyclic) bond motifs is 3. The average Bonchev–Trinajstić information content (AvgIpc) is 3.73. The van der Waals surface area contributed by atoms with Crippen LogP contribution in [0, 0.1) is 5.92 Å². The van der Waals surface area contributed by atoms with E-state index in [1.54, 1.807) is 27.8 Å². The maximum atomic E-state index is 16.5. The summed E-state index contributed by atoms with van der Waals surface area (Å²) in [5.74, 6) is -1.04. The number of ether oxygens (including phenoxy) is 1. The van der Waals surface area contributed by atoms with Gasteiger partial charge in [0.25, 0.3) is 5.91 Å². The predicted molar refractivity (Wildman–Crippen MR) is 198 cm³/mol. The van der Waals surface area contributed by atoms with Crippen LogP contribution in [0.1, 0.15) is 77.3 Å². The number of carbonyl (C=O) groups is 3. The van der Waals surface area contributed by atoms with Crippen molar-refractivity contribution in [1.29, 1.82) is 0 Å². The first kappa shape index (κ1) is 36.2. The molecular formula is C40H52FN3O5Si. The van der Waals surface area contributed by atoms with Crippen molar-refractivity contribution >= 4 is 43.2 Å². The highest BCUT2D eigenvalue weighted by atomic mass is 28.4. The van der Waals surface area contributed by atoms with Crippen LogP contribution < -0.4 is 9.80 Å². The molecule has 0 bridgehead atoms. The number of halogens is 1. The Bertz CT molecular complexity index is 1710. The van der Waals surface area contributed by atoms with Crippen LogP contribution in [-0.2, 0) is 31.1 Å². The van der Waals surface area contributed by atoms with Crippen LogP contribution in [-0.4, -0.2) is 68.0 Å². The number of aliphatic hydroxyl groups excluding tert-OH is 1. The molecule has 50 heavy (non-hydrogen) atoms. The second-order valence-electron chi connectivity index (χ2n) is 15.4. The van der Waals surface area contributed by atoms with Gasteiger partial charge in [-0.3, -0.25) is 19.3 Å². The van der Waals surface area contributed by atoms with E-state index in [0.29, 0.717) is 42.9 Å². The Morgan fingerprint density at radius 2 is 1.84 bits per heavy atom. The summed E-state index contributed by atoms with van der Waals surface area (Å²) in [4.78, 5) is 47.4. The largest absolute Gasteiger partial charge is 0.394 e. The van der Waals surface area contributed by atoms with Gasteiger partial charge in [-0.15, -0.1) is 0 Å². The predicted octanol–water partition coefficient (Wildman–Crippen LogP) is 7.49. The minimum atomic E-state index is -3.51. The molecule has 1 N–H and O–H groups in total. The molecule has 0 aromatic heterocycles. The van der Waals surface area contributed by atoms with Crippen molar-refractivity contribution in [1.82, 2.24) is 4.90 Å². The first-order chi connectivity index (χ1) is 23.8. The van der Waals surface area contributed by atoms with E-state index >= 15 is 4.11 Å². The molecule has 2 aromatic rings. The average molecular weight is 702 g/mol. The van der Waals surface area contributed by atoms with Gasteiger partial charge in [0.05, 0.1) is 36.5 Å². The summed E-state index contributed by atoms with van der Waals surface area (Å²) in [5, 5.41) is 9.92. The van der Waals surface area contributed by atoms with Crippen molar-refractivity contribution in [2.75, 3.05) is 29.5 Å². The number of likely N-dealkylation sites (tertiary alicyclic amines) is 1. The Labute approximate surface area is 297 Å². The number of aliphatic hydroxyl groups is 1. The topological polar surface area (TPSA) is 90.4 Å². The summed E-state index contributed by atoms with van der Waals surface area (Å²) in [6.45, 7) is 12.2. The van der Waals surface area contributed by atoms with Crippen LogP contribution in [0.5, 0.6) is 0 Å². The molecule has 4 aliphatic rings. The van der Waals surface area contributed by atoms with E-state index in [0.717, 1.165) is 42.5 Å². The molecule has 0 unspecified atom stereocenters. The molecule has 6 rings (SSSR count). The third-order valence-electron chi connectivity index (χ3n) is 11.3. The fourth-order valence-corrected chi connectivity index (χ4v) is 11.3. The van der Waals surface area contributed by atoms with Crippen molar-refractivity contribution in [3.63, 3.8) is 0 Å². The van der Waals surface area contributed by atoms with E-state index in [-0.39, 0.29) is 36.8 Å². The monoisotopic (exact) mass is 701 g/mol. The number of para-hydroxylation sites is 1. The first-order valence-electron chi connectivity index (χ1n) is 18.2. The lowest BCUT2D eigenvalue weighted by Gasteiger charge is -2.32. The molecule has 3 amide bonds. The van der Waals surface area contributed by atoms with Gasteiger partial charge in [0.1, 0.15) is 0 Å². The fourth-order valence-electron chi connectivity index (χ4n) is 8.85. The summed E-state index contributed by atoms with van der Waals surface area (Å²) in [6, 6.07) is 13.3. The van der Waals surface area contributed by atoms with Crippen LogP contribution in [0.4, 0.5) is 21.2 Å². The lowest BCUT2D eigenvalue weighted by molar-refractivity contribution is -0.149. The fraction of sp³-hybridized carbons (Fsp3) is 0.525. The maximum Gasteiger partial charge on any atom is 0.264 e. The minimum Gasteiger partial charge on any atom is -0.394 e. The molecule has 10 heteroatoms. The van der Waals surface area contributed by atoms with Gasteiger partial charge in [-0.05, 0) is 95.8 Å². The summed E-state index contributed by atoms with van der Waals surface area (Å²) in [5.41, 5.74) is 4.08. The van der Waals surface area contributed by atoms with Crippen LogP contribution in [0.3, 0.4) is 0 Å². The summed E-state index contributed by atoms with van der Waals surface area (Å²) < 4.78 is 23.4. The molecule has 4 aliphatic heterocycles. The van der Waals surface area contributed by atoms with E-state index in [1.165, 1.54) is 5.57 Å². The quantitative estimate of drug-likeness (QED) is 0.158. The number of aryl methyl sites for hydroxylation is 1. The highest BCUT2D eigenvalue weighted by Gasteiger charge is 2.67. The summed E-state index contributed by atoms with van der Waals surface area (Å²) >= 11 is 0. The highest BCUT2D eigenvalue weighted by molar-refractivity contribution is 6.72. The normalized spacial score (nSPS) is 26.6. The second kappa shape index (κ2) is 14.2. The van der Waals surface area contributed by atoms with Crippen LogP contribution in [0.15, 0.2) is 65.8 Å². The van der Waals surface area contributed by atoms with Gasteiger partial charge in [0.15, 0.2) is 5.60 Å². The van der Waals surface area contributed by atoms with Gasteiger partial charge in [-0.1, -0.05) is 48.4 Å². The molecule has 4 heterocycles. The number of allylic oxidation sites excluding steroid dienone is 3. The maximum absolute atomic E-state index is 16.5. The molecule has 1 spiro atoms. The lowest BCUT2D eigenvalue weighted by Crippen LogP contribution is -2.45. The Hall–Kier alpha value is -3.60. The molecule has 0 saturated carbocycles. The Morgan fingerprint density at radius 1 is 1.08 bits per heavy atom. The summed E-state index contributed by atoms with van der Waals surface area (Å²) in [7, 11) is -3.51. The van der Waals surface area contributed by atoms with Crippen LogP contribution in [0.2, 0.25) is 18.6 Å². The molecule has 268 valence electrons. The molecule has 0 radical (unpaired) electrons. The minimum absolute atomic E-state index is 0.0307. The van der Waals surface area contributed by atoms with E-state index in [9.17, 15) is 19.5 Å². The number of carbonyl (C=O) groups excluding carboxylic acids is 3. The SMILES string of the molecule is CC(C)=CCC/C(C)=C/CN1C(=O)[C@]2(O[C@H](CC(=O)N3CCC[C@H]3CO)[C@@H]([Si](C)(C)F)[C@@H]2C)c2cc(N3C(=O)CCc4ccccc43)ccc21. The first-order valence-corrected chi connectivity index (χ1v) is 21.2. The smallest absolute Gasteiger partial charge is 0.264 e. The second-order valence-corrected chi connectivity index (χ2v) is 19.2. The Kier molecular flexibility index (Phi) is 10.3. The van der Waals surface area contributed by atoms with E-state index < -0.39 is 31.6 Å². The van der Waals surface area contributed by atoms with E-state index in [4.69, 9.17) is 4.74 Å². The molecule has 2 saturated heterocycles.